The van der Waals surface area contributed by atoms with Crippen molar-refractivity contribution < 1.29 is 9.59 Å². The van der Waals surface area contributed by atoms with Gasteiger partial charge in [-0.2, -0.15) is 0 Å². The van der Waals surface area contributed by atoms with Crippen LogP contribution in [0.2, 0.25) is 0 Å². The van der Waals surface area contributed by atoms with Gasteiger partial charge in [0.25, 0.3) is 5.91 Å². The molecule has 0 fully saturated rings. The van der Waals surface area contributed by atoms with Crippen LogP contribution in [-0.2, 0) is 7.05 Å². The Labute approximate surface area is 123 Å². The van der Waals surface area contributed by atoms with E-state index < -0.39 is 6.03 Å². The number of nitrogens with one attached hydrogen (secondary N) is 3. The summed E-state index contributed by atoms with van der Waals surface area (Å²) in [6.45, 7) is 2.63. The monoisotopic (exact) mass is 288 g/mol. The van der Waals surface area contributed by atoms with E-state index in [1.165, 1.54) is 0 Å². The van der Waals surface area contributed by atoms with E-state index in [1.807, 2.05) is 42.8 Å². The molecule has 1 heterocycles. The van der Waals surface area contributed by atoms with Crippen molar-refractivity contribution in [3.05, 3.63) is 36.0 Å². The summed E-state index contributed by atoms with van der Waals surface area (Å²) >= 11 is 0. The van der Waals surface area contributed by atoms with Crippen molar-refractivity contribution in [2.45, 2.75) is 19.8 Å². The number of nitrogens with zero attached hydrogens (tertiary/aromatic N) is 1. The molecule has 6 nitrogen and oxygen atoms in total. The first-order valence-electron chi connectivity index (χ1n) is 7.01. The van der Waals surface area contributed by atoms with Gasteiger partial charge in [0.1, 0.15) is 0 Å². The zero-order valence-corrected chi connectivity index (χ0v) is 12.3. The number of unbranched alkanes of at least 4 members (excludes halogenated alkanes) is 1. The summed E-state index contributed by atoms with van der Waals surface area (Å²) in [5, 5.41) is 3.52. The lowest BCUT2D eigenvalue weighted by Gasteiger charge is -2.08. The number of hydrazine groups is 1. The molecule has 1 aromatic heterocycles. The van der Waals surface area contributed by atoms with E-state index >= 15 is 0 Å². The maximum Gasteiger partial charge on any atom is 0.333 e. The highest BCUT2D eigenvalue weighted by Crippen LogP contribution is 2.19. The van der Waals surface area contributed by atoms with E-state index in [-0.39, 0.29) is 5.91 Å². The van der Waals surface area contributed by atoms with Gasteiger partial charge in [-0.3, -0.25) is 10.2 Å². The molecule has 0 radical (unpaired) electrons. The number of hydrogen-bond acceptors (Lipinski definition) is 2. The molecule has 0 unspecified atom stereocenters. The molecule has 3 N–H and O–H groups in total. The van der Waals surface area contributed by atoms with Gasteiger partial charge in [-0.1, -0.05) is 31.5 Å². The summed E-state index contributed by atoms with van der Waals surface area (Å²) in [7, 11) is 1.88. The predicted molar refractivity (Wildman–Crippen MR) is 81.8 cm³/mol. The number of fused-ring (bicyclic) bond motifs is 1. The minimum absolute atomic E-state index is 0.336. The minimum Gasteiger partial charge on any atom is -0.350 e. The highest BCUT2D eigenvalue weighted by molar-refractivity contribution is 6.07. The topological polar surface area (TPSA) is 75.2 Å². The molecule has 21 heavy (non-hydrogen) atoms. The van der Waals surface area contributed by atoms with Crippen molar-refractivity contribution in [1.29, 1.82) is 0 Å². The van der Waals surface area contributed by atoms with Gasteiger partial charge in [0.2, 0.25) is 0 Å². The van der Waals surface area contributed by atoms with Crippen molar-refractivity contribution in [2.24, 2.45) is 7.05 Å². The van der Waals surface area contributed by atoms with Gasteiger partial charge in [-0.25, -0.2) is 10.2 Å². The lowest BCUT2D eigenvalue weighted by Crippen LogP contribution is -2.47. The molecule has 0 saturated carbocycles. The molecule has 0 aliphatic carbocycles. The predicted octanol–water partition coefficient (Wildman–Crippen LogP) is 1.92. The summed E-state index contributed by atoms with van der Waals surface area (Å²) in [4.78, 5) is 23.6. The minimum atomic E-state index is -0.406. The summed E-state index contributed by atoms with van der Waals surface area (Å²) in [6.07, 6.45) is 3.66. The van der Waals surface area contributed by atoms with Crippen molar-refractivity contribution in [2.75, 3.05) is 6.54 Å². The molecule has 6 heteroatoms. The van der Waals surface area contributed by atoms with Gasteiger partial charge < -0.3 is 9.88 Å². The van der Waals surface area contributed by atoms with Crippen LogP contribution in [0.1, 0.15) is 30.1 Å². The average molecular weight is 288 g/mol. The molecule has 112 valence electrons. The van der Waals surface area contributed by atoms with Crippen LogP contribution in [0.4, 0.5) is 4.79 Å². The Kier molecular flexibility index (Phi) is 4.81. The lowest BCUT2D eigenvalue weighted by atomic mass is 10.2. The first kappa shape index (κ1) is 14.9. The summed E-state index contributed by atoms with van der Waals surface area (Å²) in [6, 6.07) is 7.22. The third-order valence-corrected chi connectivity index (χ3v) is 3.25. The molecule has 1 aromatic carbocycles. The molecule has 0 saturated heterocycles. The fraction of sp³-hybridized carbons (Fsp3) is 0.333. The van der Waals surface area contributed by atoms with Crippen molar-refractivity contribution in [1.82, 2.24) is 20.7 Å². The van der Waals surface area contributed by atoms with Gasteiger partial charge in [-0.05, 0) is 12.5 Å². The number of carbonyl (C=O) groups is 2. The molecule has 0 atom stereocenters. The molecule has 0 aliphatic heterocycles. The van der Waals surface area contributed by atoms with Crippen LogP contribution in [0, 0.1) is 0 Å². The number of amides is 3. The third-order valence-electron chi connectivity index (χ3n) is 3.25. The van der Waals surface area contributed by atoms with Gasteiger partial charge in [0, 0.05) is 30.7 Å². The molecule has 0 aliphatic rings. The number of benzene rings is 1. The second-order valence-electron chi connectivity index (χ2n) is 4.86. The number of aryl methyl sites for hydroxylation is 1. The van der Waals surface area contributed by atoms with Gasteiger partial charge >= 0.3 is 6.03 Å². The number of urea groups is 1. The first-order valence-corrected chi connectivity index (χ1v) is 7.01. The van der Waals surface area contributed by atoms with Crippen molar-refractivity contribution in [3.63, 3.8) is 0 Å². The highest BCUT2D eigenvalue weighted by atomic mass is 16.2. The Morgan fingerprint density at radius 3 is 2.71 bits per heavy atom. The molecular formula is C15H20N4O2. The molecule has 2 aromatic rings. The fourth-order valence-corrected chi connectivity index (χ4v) is 2.13. The average Bonchev–Trinajstić information content (AvgIpc) is 2.83. The summed E-state index contributed by atoms with van der Waals surface area (Å²) < 4.78 is 1.88. The molecule has 2 rings (SSSR count). The number of aromatic nitrogens is 1. The maximum absolute atomic E-state index is 12.1. The number of para-hydroxylation sites is 1. The Hall–Kier alpha value is -2.50. The molecule has 3 amide bonds. The smallest absolute Gasteiger partial charge is 0.333 e. The Morgan fingerprint density at radius 2 is 1.95 bits per heavy atom. The second kappa shape index (κ2) is 6.78. The number of carbonyl (C=O) groups excluding carboxylic acids is 2. The Balaban J connectivity index is 1.98. The standard InChI is InChI=1S/C15H20N4O2/c1-3-4-9-16-15(21)18-17-14(20)12-10-19(2)13-8-6-5-7-11(12)13/h5-8,10H,3-4,9H2,1-2H3,(H,17,20)(H2,16,18,21). The normalized spacial score (nSPS) is 10.4. The Morgan fingerprint density at radius 1 is 1.19 bits per heavy atom. The van der Waals surface area contributed by atoms with E-state index in [4.69, 9.17) is 0 Å². The van der Waals surface area contributed by atoms with Gasteiger partial charge in [0.15, 0.2) is 0 Å². The van der Waals surface area contributed by atoms with Crippen LogP contribution >= 0.6 is 0 Å². The van der Waals surface area contributed by atoms with Gasteiger partial charge in [0.05, 0.1) is 5.56 Å². The van der Waals surface area contributed by atoms with Crippen LogP contribution in [0.5, 0.6) is 0 Å². The van der Waals surface area contributed by atoms with Crippen LogP contribution in [0.25, 0.3) is 10.9 Å². The quantitative estimate of drug-likeness (QED) is 0.594. The largest absolute Gasteiger partial charge is 0.350 e. The third kappa shape index (κ3) is 3.53. The zero-order chi connectivity index (χ0) is 15.2. The lowest BCUT2D eigenvalue weighted by molar-refractivity contribution is 0.0937. The van der Waals surface area contributed by atoms with Crippen LogP contribution in [-0.4, -0.2) is 23.1 Å². The second-order valence-corrected chi connectivity index (χ2v) is 4.86. The SMILES string of the molecule is CCCCNC(=O)NNC(=O)c1cn(C)c2ccccc12. The van der Waals surface area contributed by atoms with E-state index in [1.54, 1.807) is 6.20 Å². The van der Waals surface area contributed by atoms with Crippen molar-refractivity contribution in [3.8, 4) is 0 Å². The highest BCUT2D eigenvalue weighted by Gasteiger charge is 2.13. The van der Waals surface area contributed by atoms with E-state index in [0.29, 0.717) is 12.1 Å². The number of hydrogen-bond donors (Lipinski definition) is 3. The zero-order valence-electron chi connectivity index (χ0n) is 12.3. The van der Waals surface area contributed by atoms with E-state index in [0.717, 1.165) is 23.7 Å². The first-order chi connectivity index (χ1) is 10.1. The Bertz CT molecular complexity index is 648. The summed E-state index contributed by atoms with van der Waals surface area (Å²) in [5.74, 6) is -0.336. The van der Waals surface area contributed by atoms with E-state index in [2.05, 4.69) is 16.2 Å². The molecule has 0 bridgehead atoms. The fourth-order valence-electron chi connectivity index (χ4n) is 2.13. The number of rotatable bonds is 4. The van der Waals surface area contributed by atoms with Gasteiger partial charge in [-0.15, -0.1) is 0 Å². The van der Waals surface area contributed by atoms with Crippen LogP contribution < -0.4 is 16.2 Å². The summed E-state index contributed by atoms with van der Waals surface area (Å²) in [5.41, 5.74) is 6.27. The molecule has 0 spiro atoms. The van der Waals surface area contributed by atoms with Crippen LogP contribution in [0.15, 0.2) is 30.5 Å². The maximum atomic E-state index is 12.1. The molecular weight excluding hydrogens is 268 g/mol. The van der Waals surface area contributed by atoms with Crippen LogP contribution in [0.3, 0.4) is 0 Å². The van der Waals surface area contributed by atoms with Crippen molar-refractivity contribution >= 4 is 22.8 Å². The van der Waals surface area contributed by atoms with E-state index in [9.17, 15) is 9.59 Å².